The summed E-state index contributed by atoms with van der Waals surface area (Å²) >= 11 is 0. The van der Waals surface area contributed by atoms with Gasteiger partial charge in [-0.1, -0.05) is 32.0 Å². The highest BCUT2D eigenvalue weighted by atomic mass is 16.5. The molecule has 0 aliphatic rings. The first-order valence-corrected chi connectivity index (χ1v) is 6.65. The molecule has 0 aliphatic heterocycles. The number of hydrogen-bond acceptors (Lipinski definition) is 3. The highest BCUT2D eigenvalue weighted by Crippen LogP contribution is 2.18. The zero-order valence-electron chi connectivity index (χ0n) is 11.8. The van der Waals surface area contributed by atoms with Crippen molar-refractivity contribution in [3.8, 4) is 5.75 Å². The first-order valence-electron chi connectivity index (χ1n) is 6.65. The molecule has 0 bridgehead atoms. The highest BCUT2D eigenvalue weighted by molar-refractivity contribution is 5.77. The lowest BCUT2D eigenvalue weighted by molar-refractivity contribution is -0.124. The van der Waals surface area contributed by atoms with E-state index in [0.717, 1.165) is 5.56 Å². The minimum Gasteiger partial charge on any atom is -0.483 e. The predicted molar refractivity (Wildman–Crippen MR) is 75.2 cm³/mol. The van der Waals surface area contributed by atoms with Gasteiger partial charge in [-0.2, -0.15) is 0 Å². The average Bonchev–Trinajstić information content (AvgIpc) is 2.38. The number of carbonyl (C=O) groups excluding carboxylic acids is 1. The molecule has 0 saturated heterocycles. The number of ether oxygens (including phenoxy) is 1. The minimum atomic E-state index is -0.125. The maximum absolute atomic E-state index is 11.7. The van der Waals surface area contributed by atoms with Crippen LogP contribution in [0.2, 0.25) is 0 Å². The quantitative estimate of drug-likeness (QED) is 0.790. The van der Waals surface area contributed by atoms with Crippen LogP contribution < -0.4 is 10.1 Å². The van der Waals surface area contributed by atoms with Gasteiger partial charge in [0.15, 0.2) is 6.61 Å². The number of hydrogen-bond donors (Lipinski definition) is 2. The van der Waals surface area contributed by atoms with Gasteiger partial charge >= 0.3 is 0 Å². The predicted octanol–water partition coefficient (Wildman–Crippen LogP) is 1.76. The molecule has 19 heavy (non-hydrogen) atoms. The van der Waals surface area contributed by atoms with E-state index in [-0.39, 0.29) is 25.2 Å². The smallest absolute Gasteiger partial charge is 0.258 e. The van der Waals surface area contributed by atoms with Crippen LogP contribution in [0.3, 0.4) is 0 Å². The minimum absolute atomic E-state index is 0.000494. The summed E-state index contributed by atoms with van der Waals surface area (Å²) in [6.45, 7) is 6.16. The summed E-state index contributed by atoms with van der Waals surface area (Å²) in [7, 11) is 0. The third-order valence-corrected chi connectivity index (χ3v) is 3.10. The summed E-state index contributed by atoms with van der Waals surface area (Å²) in [4.78, 5) is 11.7. The van der Waals surface area contributed by atoms with E-state index in [1.54, 1.807) is 0 Å². The summed E-state index contributed by atoms with van der Waals surface area (Å²) in [6, 6.07) is 7.57. The lowest BCUT2D eigenvalue weighted by atomic mass is 10.1. The van der Waals surface area contributed by atoms with Crippen molar-refractivity contribution < 1.29 is 14.6 Å². The van der Waals surface area contributed by atoms with Crippen molar-refractivity contribution in [3.05, 3.63) is 29.8 Å². The lowest BCUT2D eigenvalue weighted by Gasteiger charge is -2.18. The number of benzene rings is 1. The van der Waals surface area contributed by atoms with Gasteiger partial charge in [-0.15, -0.1) is 0 Å². The fourth-order valence-corrected chi connectivity index (χ4v) is 1.58. The summed E-state index contributed by atoms with van der Waals surface area (Å²) in [5.41, 5.74) is 0.912. The molecule has 1 aromatic carbocycles. The van der Waals surface area contributed by atoms with Crippen molar-refractivity contribution in [1.29, 1.82) is 0 Å². The van der Waals surface area contributed by atoms with Gasteiger partial charge < -0.3 is 15.2 Å². The molecule has 0 radical (unpaired) electrons. The van der Waals surface area contributed by atoms with E-state index in [1.165, 1.54) is 0 Å². The number of aliphatic hydroxyl groups excluding tert-OH is 1. The van der Waals surface area contributed by atoms with Crippen molar-refractivity contribution >= 4 is 5.91 Å². The van der Waals surface area contributed by atoms with Crippen LogP contribution >= 0.6 is 0 Å². The van der Waals surface area contributed by atoms with Crippen LogP contribution in [0.1, 0.15) is 26.3 Å². The van der Waals surface area contributed by atoms with Crippen molar-refractivity contribution in [2.24, 2.45) is 5.92 Å². The molecule has 0 saturated carbocycles. The molecule has 0 heterocycles. The molecule has 4 heteroatoms. The largest absolute Gasteiger partial charge is 0.483 e. The lowest BCUT2D eigenvalue weighted by Crippen LogP contribution is -2.39. The number of nitrogens with one attached hydrogen (secondary N) is 1. The van der Waals surface area contributed by atoms with Crippen LogP contribution in [-0.2, 0) is 11.2 Å². The molecule has 0 aliphatic carbocycles. The van der Waals surface area contributed by atoms with E-state index in [0.29, 0.717) is 18.1 Å². The van der Waals surface area contributed by atoms with E-state index in [2.05, 4.69) is 19.2 Å². The van der Waals surface area contributed by atoms with Gasteiger partial charge in [-0.3, -0.25) is 4.79 Å². The molecular formula is C15H23NO3. The van der Waals surface area contributed by atoms with Crippen LogP contribution in [0.15, 0.2) is 24.3 Å². The van der Waals surface area contributed by atoms with Crippen LogP contribution in [-0.4, -0.2) is 30.3 Å². The molecule has 1 rings (SSSR count). The Morgan fingerprint density at radius 1 is 1.32 bits per heavy atom. The topological polar surface area (TPSA) is 58.6 Å². The normalized spacial score (nSPS) is 12.3. The molecular weight excluding hydrogens is 242 g/mol. The Balaban J connectivity index is 2.50. The molecule has 1 amide bonds. The zero-order valence-corrected chi connectivity index (χ0v) is 11.8. The summed E-state index contributed by atoms with van der Waals surface area (Å²) in [6.07, 6.45) is 0.528. The Morgan fingerprint density at radius 3 is 2.63 bits per heavy atom. The molecule has 1 aromatic rings. The molecule has 1 atom stereocenters. The fraction of sp³-hybridized carbons (Fsp3) is 0.533. The van der Waals surface area contributed by atoms with E-state index < -0.39 is 0 Å². The number of rotatable bonds is 7. The first-order chi connectivity index (χ1) is 9.04. The van der Waals surface area contributed by atoms with Crippen molar-refractivity contribution in [2.45, 2.75) is 33.2 Å². The van der Waals surface area contributed by atoms with Crippen LogP contribution in [0.5, 0.6) is 5.75 Å². The number of amides is 1. The Morgan fingerprint density at radius 2 is 2.00 bits per heavy atom. The van der Waals surface area contributed by atoms with Crippen LogP contribution in [0.4, 0.5) is 0 Å². The van der Waals surface area contributed by atoms with E-state index >= 15 is 0 Å². The van der Waals surface area contributed by atoms with Gasteiger partial charge in [0.05, 0.1) is 0 Å². The summed E-state index contributed by atoms with van der Waals surface area (Å²) in [5.74, 6) is 0.925. The van der Waals surface area contributed by atoms with Crippen LogP contribution in [0, 0.1) is 5.92 Å². The first kappa shape index (κ1) is 15.5. The van der Waals surface area contributed by atoms with Gasteiger partial charge in [0.2, 0.25) is 0 Å². The van der Waals surface area contributed by atoms with Gasteiger partial charge in [0.25, 0.3) is 5.91 Å². The van der Waals surface area contributed by atoms with Crippen molar-refractivity contribution in [2.75, 3.05) is 13.2 Å². The fourth-order valence-electron chi connectivity index (χ4n) is 1.58. The maximum Gasteiger partial charge on any atom is 0.258 e. The van der Waals surface area contributed by atoms with Gasteiger partial charge in [0.1, 0.15) is 5.75 Å². The standard InChI is InChI=1S/C15H23NO3/c1-11(2)12(3)16-15(18)10-19-14-7-5-4-6-13(14)8-9-17/h4-7,11-12,17H,8-10H2,1-3H3,(H,16,18). The molecule has 106 valence electrons. The number of para-hydroxylation sites is 1. The highest BCUT2D eigenvalue weighted by Gasteiger charge is 2.11. The van der Waals surface area contributed by atoms with E-state index in [4.69, 9.17) is 9.84 Å². The Kier molecular flexibility index (Phi) is 6.36. The molecule has 0 fully saturated rings. The Labute approximate surface area is 114 Å². The zero-order chi connectivity index (χ0) is 14.3. The second kappa shape index (κ2) is 7.79. The van der Waals surface area contributed by atoms with E-state index in [1.807, 2.05) is 31.2 Å². The van der Waals surface area contributed by atoms with Gasteiger partial charge in [-0.05, 0) is 30.9 Å². The van der Waals surface area contributed by atoms with Gasteiger partial charge in [0, 0.05) is 12.6 Å². The molecule has 2 N–H and O–H groups in total. The van der Waals surface area contributed by atoms with Crippen molar-refractivity contribution in [3.63, 3.8) is 0 Å². The number of aliphatic hydroxyl groups is 1. The molecule has 0 aromatic heterocycles. The second-order valence-corrected chi connectivity index (χ2v) is 4.97. The third kappa shape index (κ3) is 5.30. The third-order valence-electron chi connectivity index (χ3n) is 3.10. The van der Waals surface area contributed by atoms with E-state index in [9.17, 15) is 4.79 Å². The summed E-state index contributed by atoms with van der Waals surface area (Å²) in [5, 5.41) is 11.9. The monoisotopic (exact) mass is 265 g/mol. The molecule has 1 unspecified atom stereocenters. The average molecular weight is 265 g/mol. The molecule has 0 spiro atoms. The SMILES string of the molecule is CC(C)C(C)NC(=O)COc1ccccc1CCO. The van der Waals surface area contributed by atoms with Crippen molar-refractivity contribution in [1.82, 2.24) is 5.32 Å². The molecule has 4 nitrogen and oxygen atoms in total. The Hall–Kier alpha value is -1.55. The van der Waals surface area contributed by atoms with Gasteiger partial charge in [-0.25, -0.2) is 0 Å². The Bertz CT molecular complexity index is 404. The number of carbonyl (C=O) groups is 1. The summed E-state index contributed by atoms with van der Waals surface area (Å²) < 4.78 is 5.51. The second-order valence-electron chi connectivity index (χ2n) is 4.97. The van der Waals surface area contributed by atoms with Crippen LogP contribution in [0.25, 0.3) is 0 Å². The maximum atomic E-state index is 11.7.